The zero-order chi connectivity index (χ0) is 16.1. The molecule has 0 unspecified atom stereocenters. The molecular weight excluding hydrogens is 333 g/mol. The van der Waals surface area contributed by atoms with Crippen LogP contribution in [-0.2, 0) is 0 Å². The van der Waals surface area contributed by atoms with Crippen LogP contribution in [0.4, 0.5) is 17.5 Å². The fourth-order valence-electron chi connectivity index (χ4n) is 2.81. The smallest absolute Gasteiger partial charge is 0.249 e. The second-order valence-electron chi connectivity index (χ2n) is 5.78. The van der Waals surface area contributed by atoms with E-state index >= 15 is 0 Å². The molecule has 3 rings (SSSR count). The Hall–Kier alpha value is -1.59. The molecule has 122 valence electrons. The summed E-state index contributed by atoms with van der Waals surface area (Å²) in [4.78, 5) is 4.47. The molecule has 23 heavy (non-hydrogen) atoms. The van der Waals surface area contributed by atoms with Gasteiger partial charge in [0.25, 0.3) is 0 Å². The minimum absolute atomic E-state index is 0.418. The first kappa shape index (κ1) is 16.3. The Morgan fingerprint density at radius 2 is 1.65 bits per heavy atom. The van der Waals surface area contributed by atoms with Gasteiger partial charge in [0.15, 0.2) is 5.82 Å². The molecule has 1 heterocycles. The number of benzene rings is 1. The number of nitrogens with one attached hydrogen (secondary N) is 2. The quantitative estimate of drug-likeness (QED) is 0.754. The van der Waals surface area contributed by atoms with E-state index in [0.29, 0.717) is 22.0 Å². The minimum Gasteiger partial charge on any atom is -0.366 e. The number of hydrogen-bond donors (Lipinski definition) is 2. The van der Waals surface area contributed by atoms with E-state index in [1.54, 1.807) is 24.4 Å². The largest absolute Gasteiger partial charge is 0.366 e. The second kappa shape index (κ2) is 7.79. The highest BCUT2D eigenvalue weighted by Crippen LogP contribution is 2.25. The lowest BCUT2D eigenvalue weighted by atomic mass is 10.1. The van der Waals surface area contributed by atoms with Crippen molar-refractivity contribution in [1.82, 2.24) is 15.2 Å². The minimum atomic E-state index is 0.418. The zero-order valence-electron chi connectivity index (χ0n) is 12.7. The van der Waals surface area contributed by atoms with Crippen LogP contribution in [0.3, 0.4) is 0 Å². The van der Waals surface area contributed by atoms with Crippen LogP contribution >= 0.6 is 23.2 Å². The Morgan fingerprint density at radius 3 is 2.35 bits per heavy atom. The van der Waals surface area contributed by atoms with Crippen molar-refractivity contribution < 1.29 is 0 Å². The fraction of sp³-hybridized carbons (Fsp3) is 0.438. The molecule has 0 bridgehead atoms. The van der Waals surface area contributed by atoms with Crippen LogP contribution in [0.25, 0.3) is 0 Å². The van der Waals surface area contributed by atoms with Gasteiger partial charge in [0.1, 0.15) is 0 Å². The summed E-state index contributed by atoms with van der Waals surface area (Å²) >= 11 is 12.0. The van der Waals surface area contributed by atoms with E-state index < -0.39 is 0 Å². The molecular formula is C16H19Cl2N5. The number of halogens is 2. The molecule has 5 nitrogen and oxygen atoms in total. The van der Waals surface area contributed by atoms with Crippen LogP contribution in [-0.4, -0.2) is 21.2 Å². The number of nitrogens with zero attached hydrogens (tertiary/aromatic N) is 3. The van der Waals surface area contributed by atoms with Gasteiger partial charge in [-0.05, 0) is 31.0 Å². The maximum absolute atomic E-state index is 6.00. The van der Waals surface area contributed by atoms with Crippen LogP contribution in [0.15, 0.2) is 24.4 Å². The normalized spacial score (nSPS) is 15.9. The molecule has 0 radical (unpaired) electrons. The lowest BCUT2D eigenvalue weighted by molar-refractivity contribution is 0.617. The number of anilines is 3. The molecule has 0 spiro atoms. The Kier molecular flexibility index (Phi) is 5.51. The topological polar surface area (TPSA) is 62.7 Å². The van der Waals surface area contributed by atoms with E-state index in [4.69, 9.17) is 23.2 Å². The molecule has 0 atom stereocenters. The third-order valence-electron chi connectivity index (χ3n) is 3.88. The predicted octanol–water partition coefficient (Wildman–Crippen LogP) is 5.06. The van der Waals surface area contributed by atoms with Crippen molar-refractivity contribution in [2.24, 2.45) is 0 Å². The highest BCUT2D eigenvalue weighted by molar-refractivity contribution is 6.35. The molecule has 1 aliphatic rings. The van der Waals surface area contributed by atoms with Gasteiger partial charge in [0, 0.05) is 21.8 Å². The summed E-state index contributed by atoms with van der Waals surface area (Å²) in [5.74, 6) is 1.16. The van der Waals surface area contributed by atoms with Crippen molar-refractivity contribution in [3.63, 3.8) is 0 Å². The molecule has 1 aromatic carbocycles. The van der Waals surface area contributed by atoms with E-state index in [1.165, 1.54) is 38.5 Å². The van der Waals surface area contributed by atoms with Crippen LogP contribution < -0.4 is 10.6 Å². The van der Waals surface area contributed by atoms with Crippen molar-refractivity contribution >= 4 is 40.7 Å². The van der Waals surface area contributed by atoms with Gasteiger partial charge in [-0.1, -0.05) is 48.9 Å². The fourth-order valence-corrected chi connectivity index (χ4v) is 3.34. The standard InChI is InChI=1S/C16H19Cl2N5/c17-11-7-12(18)9-14(8-11)21-16-22-15(10-19-23-16)20-13-5-3-1-2-4-6-13/h7-10,13H,1-6H2,(H2,20,21,22,23). The van der Waals surface area contributed by atoms with E-state index in [0.717, 1.165) is 11.5 Å². The monoisotopic (exact) mass is 351 g/mol. The third kappa shape index (κ3) is 4.94. The van der Waals surface area contributed by atoms with Crippen molar-refractivity contribution in [3.05, 3.63) is 34.4 Å². The van der Waals surface area contributed by atoms with Crippen LogP contribution in [0, 0.1) is 0 Å². The highest BCUT2D eigenvalue weighted by Gasteiger charge is 2.13. The molecule has 2 aromatic rings. The van der Waals surface area contributed by atoms with E-state index in [-0.39, 0.29) is 0 Å². The molecule has 7 heteroatoms. The average molecular weight is 352 g/mol. The zero-order valence-corrected chi connectivity index (χ0v) is 14.2. The predicted molar refractivity (Wildman–Crippen MR) is 94.7 cm³/mol. The molecule has 2 N–H and O–H groups in total. The first-order valence-electron chi connectivity index (χ1n) is 7.88. The van der Waals surface area contributed by atoms with Gasteiger partial charge >= 0.3 is 0 Å². The first-order chi connectivity index (χ1) is 11.2. The van der Waals surface area contributed by atoms with Gasteiger partial charge in [-0.15, -0.1) is 5.10 Å². The van der Waals surface area contributed by atoms with E-state index in [2.05, 4.69) is 25.8 Å². The van der Waals surface area contributed by atoms with Gasteiger partial charge in [-0.3, -0.25) is 0 Å². The van der Waals surface area contributed by atoms with Crippen molar-refractivity contribution in [3.8, 4) is 0 Å². The summed E-state index contributed by atoms with van der Waals surface area (Å²) in [5, 5.41) is 15.7. The summed E-state index contributed by atoms with van der Waals surface area (Å²) < 4.78 is 0. The lowest BCUT2D eigenvalue weighted by Crippen LogP contribution is -2.19. The van der Waals surface area contributed by atoms with Crippen LogP contribution in [0.2, 0.25) is 10.0 Å². The summed E-state index contributed by atoms with van der Waals surface area (Å²) in [5.41, 5.74) is 0.732. The first-order valence-corrected chi connectivity index (χ1v) is 8.64. The van der Waals surface area contributed by atoms with Crippen molar-refractivity contribution in [2.45, 2.75) is 44.6 Å². The second-order valence-corrected chi connectivity index (χ2v) is 6.65. The number of rotatable bonds is 4. The Labute approximate surface area is 145 Å². The summed E-state index contributed by atoms with van der Waals surface area (Å²) in [6.45, 7) is 0. The van der Waals surface area contributed by atoms with Gasteiger partial charge in [0.05, 0.1) is 6.20 Å². The van der Waals surface area contributed by atoms with E-state index in [9.17, 15) is 0 Å². The van der Waals surface area contributed by atoms with Gasteiger partial charge < -0.3 is 10.6 Å². The highest BCUT2D eigenvalue weighted by atomic mass is 35.5. The van der Waals surface area contributed by atoms with E-state index in [1.807, 2.05) is 0 Å². The van der Waals surface area contributed by atoms with Gasteiger partial charge in [-0.2, -0.15) is 10.1 Å². The van der Waals surface area contributed by atoms with Crippen LogP contribution in [0.1, 0.15) is 38.5 Å². The molecule has 0 amide bonds. The molecule has 1 aromatic heterocycles. The van der Waals surface area contributed by atoms with Crippen LogP contribution in [0.5, 0.6) is 0 Å². The number of hydrogen-bond acceptors (Lipinski definition) is 5. The molecule has 1 saturated carbocycles. The maximum Gasteiger partial charge on any atom is 0.249 e. The molecule has 1 aliphatic carbocycles. The summed E-state index contributed by atoms with van der Waals surface area (Å²) in [7, 11) is 0. The SMILES string of the molecule is Clc1cc(Cl)cc(Nc2nncc(NC3CCCCCC3)n2)c1. The molecule has 0 saturated heterocycles. The van der Waals surface area contributed by atoms with Gasteiger partial charge in [0.2, 0.25) is 5.95 Å². The van der Waals surface area contributed by atoms with Crippen molar-refractivity contribution in [2.75, 3.05) is 10.6 Å². The molecule has 1 fully saturated rings. The lowest BCUT2D eigenvalue weighted by Gasteiger charge is -2.16. The maximum atomic E-state index is 6.00. The summed E-state index contributed by atoms with van der Waals surface area (Å²) in [6, 6.07) is 5.67. The molecule has 0 aliphatic heterocycles. The Balaban J connectivity index is 1.69. The van der Waals surface area contributed by atoms with Crippen molar-refractivity contribution in [1.29, 1.82) is 0 Å². The Bertz CT molecular complexity index is 636. The average Bonchev–Trinajstić information content (AvgIpc) is 2.75. The Morgan fingerprint density at radius 1 is 0.957 bits per heavy atom. The third-order valence-corrected chi connectivity index (χ3v) is 4.32. The summed E-state index contributed by atoms with van der Waals surface area (Å²) in [6.07, 6.45) is 9.18. The van der Waals surface area contributed by atoms with Gasteiger partial charge in [-0.25, -0.2) is 0 Å². The number of aromatic nitrogens is 3.